The summed E-state index contributed by atoms with van der Waals surface area (Å²) in [4.78, 5) is 10.9. The summed E-state index contributed by atoms with van der Waals surface area (Å²) in [5.41, 5.74) is 0.0857. The van der Waals surface area contributed by atoms with E-state index in [0.29, 0.717) is 0 Å². The molecule has 0 aromatic heterocycles. The number of rotatable bonds is 3. The third-order valence-electron chi connectivity index (χ3n) is 2.01. The van der Waals surface area contributed by atoms with E-state index in [2.05, 4.69) is 5.10 Å². The van der Waals surface area contributed by atoms with Crippen molar-refractivity contribution < 1.29 is 18.0 Å². The second-order valence-corrected chi connectivity index (χ2v) is 3.86. The maximum absolute atomic E-state index is 12.7. The van der Waals surface area contributed by atoms with Crippen molar-refractivity contribution in [3.8, 4) is 6.07 Å². The summed E-state index contributed by atoms with van der Waals surface area (Å²) in [6.45, 7) is 1.08. The Bertz CT molecular complexity index is 576. The van der Waals surface area contributed by atoms with Gasteiger partial charge in [-0.15, -0.1) is 0 Å². The average molecular weight is 290 g/mol. The van der Waals surface area contributed by atoms with Gasteiger partial charge in [0.25, 0.3) is 0 Å². The molecule has 0 unspecified atom stereocenters. The smallest absolute Gasteiger partial charge is 0.292 e. The van der Waals surface area contributed by atoms with Gasteiger partial charge in [0.05, 0.1) is 11.3 Å². The molecule has 1 aromatic carbocycles. The lowest BCUT2D eigenvalue weighted by Crippen LogP contribution is -2.12. The lowest BCUT2D eigenvalue weighted by atomic mass is 10.2. The molecule has 8 heteroatoms. The lowest BCUT2D eigenvalue weighted by Gasteiger charge is -2.12. The Labute approximate surface area is 111 Å². The minimum atomic E-state index is -4.63. The van der Waals surface area contributed by atoms with Crippen LogP contribution >= 0.6 is 11.6 Å². The largest absolute Gasteiger partial charge is 0.418 e. The Morgan fingerprint density at radius 3 is 2.58 bits per heavy atom. The molecule has 0 fully saturated rings. The number of nitrogens with zero attached hydrogens (tertiary/aromatic N) is 2. The van der Waals surface area contributed by atoms with E-state index in [0.717, 1.165) is 19.1 Å². The van der Waals surface area contributed by atoms with Crippen LogP contribution in [0.3, 0.4) is 0 Å². The topological polar surface area (TPSA) is 65.2 Å². The molecule has 0 spiro atoms. The number of anilines is 1. The van der Waals surface area contributed by atoms with Gasteiger partial charge >= 0.3 is 6.18 Å². The van der Waals surface area contributed by atoms with Gasteiger partial charge in [-0.1, -0.05) is 11.6 Å². The second-order valence-electron chi connectivity index (χ2n) is 3.43. The van der Waals surface area contributed by atoms with Crippen LogP contribution in [0.2, 0.25) is 5.02 Å². The number of hydrogen-bond acceptors (Lipinski definition) is 4. The van der Waals surface area contributed by atoms with Gasteiger partial charge in [0.1, 0.15) is 6.07 Å². The monoisotopic (exact) mass is 289 g/mol. The standard InChI is InChI=1S/C11H7ClF3N3O/c1-6(19)10(5-16)18-17-9-3-2-7(12)4-8(9)11(13,14)15/h2-4,17H,1H3/b18-10+. The first-order valence-corrected chi connectivity index (χ1v) is 5.25. The first-order valence-electron chi connectivity index (χ1n) is 4.87. The van der Waals surface area contributed by atoms with E-state index in [1.807, 2.05) is 5.43 Å². The Kier molecular flexibility index (Phi) is 4.51. The van der Waals surface area contributed by atoms with Gasteiger partial charge in [0.2, 0.25) is 5.71 Å². The van der Waals surface area contributed by atoms with E-state index < -0.39 is 28.9 Å². The molecule has 0 saturated heterocycles. The number of hydrogen-bond donors (Lipinski definition) is 1. The lowest BCUT2D eigenvalue weighted by molar-refractivity contribution is -0.137. The van der Waals surface area contributed by atoms with Crippen LogP contribution in [0.25, 0.3) is 0 Å². The number of nitrogens with one attached hydrogen (secondary N) is 1. The molecule has 0 atom stereocenters. The first kappa shape index (κ1) is 15.0. The molecule has 0 radical (unpaired) electrons. The molecule has 0 amide bonds. The molecule has 0 aliphatic rings. The van der Waals surface area contributed by atoms with Crippen molar-refractivity contribution in [3.63, 3.8) is 0 Å². The molecule has 0 aliphatic carbocycles. The van der Waals surface area contributed by atoms with Gasteiger partial charge in [0, 0.05) is 11.9 Å². The van der Waals surface area contributed by atoms with Crippen molar-refractivity contribution in [1.82, 2.24) is 0 Å². The molecule has 0 heterocycles. The number of ketones is 1. The average Bonchev–Trinajstić information content (AvgIpc) is 2.29. The van der Waals surface area contributed by atoms with Gasteiger partial charge in [-0.25, -0.2) is 0 Å². The molecule has 0 bridgehead atoms. The van der Waals surface area contributed by atoms with Crippen molar-refractivity contribution in [2.75, 3.05) is 5.43 Å². The van der Waals surface area contributed by atoms with E-state index in [4.69, 9.17) is 16.9 Å². The molecule has 1 rings (SSSR count). The maximum atomic E-state index is 12.7. The maximum Gasteiger partial charge on any atom is 0.418 e. The molecule has 100 valence electrons. The quantitative estimate of drug-likeness (QED) is 0.686. The van der Waals surface area contributed by atoms with Gasteiger partial charge in [0.15, 0.2) is 5.78 Å². The Morgan fingerprint density at radius 1 is 1.47 bits per heavy atom. The van der Waals surface area contributed by atoms with E-state index in [9.17, 15) is 18.0 Å². The molecule has 0 saturated carbocycles. The number of hydrazone groups is 1. The summed E-state index contributed by atoms with van der Waals surface area (Å²) in [5, 5.41) is 11.8. The zero-order valence-electron chi connectivity index (χ0n) is 9.55. The minimum Gasteiger partial charge on any atom is -0.292 e. The molecular formula is C11H7ClF3N3O. The highest BCUT2D eigenvalue weighted by Gasteiger charge is 2.33. The first-order chi connectivity index (χ1) is 8.75. The number of carbonyl (C=O) groups excluding carboxylic acids is 1. The van der Waals surface area contributed by atoms with Crippen LogP contribution in [0, 0.1) is 11.3 Å². The normalized spacial score (nSPS) is 11.9. The number of benzene rings is 1. The zero-order valence-corrected chi connectivity index (χ0v) is 10.3. The van der Waals surface area contributed by atoms with Crippen molar-refractivity contribution in [2.24, 2.45) is 5.10 Å². The van der Waals surface area contributed by atoms with Crippen LogP contribution in [-0.4, -0.2) is 11.5 Å². The third-order valence-corrected chi connectivity index (χ3v) is 2.25. The van der Waals surface area contributed by atoms with Crippen LogP contribution in [0.15, 0.2) is 23.3 Å². The minimum absolute atomic E-state index is 0.0890. The number of nitriles is 1. The SMILES string of the molecule is CC(=O)/C(C#N)=N/Nc1ccc(Cl)cc1C(F)(F)F. The zero-order chi connectivity index (χ0) is 14.6. The highest BCUT2D eigenvalue weighted by atomic mass is 35.5. The number of halogens is 4. The Balaban J connectivity index is 3.16. The summed E-state index contributed by atoms with van der Waals surface area (Å²) < 4.78 is 38.1. The molecule has 1 N–H and O–H groups in total. The number of carbonyl (C=O) groups is 1. The third kappa shape index (κ3) is 3.96. The summed E-state index contributed by atoms with van der Waals surface area (Å²) in [7, 11) is 0. The highest BCUT2D eigenvalue weighted by Crippen LogP contribution is 2.36. The van der Waals surface area contributed by atoms with E-state index in [-0.39, 0.29) is 5.02 Å². The molecule has 0 aliphatic heterocycles. The molecule has 4 nitrogen and oxygen atoms in total. The van der Waals surface area contributed by atoms with E-state index >= 15 is 0 Å². The van der Waals surface area contributed by atoms with Crippen LogP contribution in [-0.2, 0) is 11.0 Å². The van der Waals surface area contributed by atoms with E-state index in [1.54, 1.807) is 0 Å². The van der Waals surface area contributed by atoms with Crippen molar-refractivity contribution >= 4 is 28.8 Å². The predicted octanol–water partition coefficient (Wildman–Crippen LogP) is 3.24. The van der Waals surface area contributed by atoms with E-state index in [1.165, 1.54) is 12.1 Å². The summed E-state index contributed by atoms with van der Waals surface area (Å²) in [5.74, 6) is -0.655. The van der Waals surface area contributed by atoms with Crippen LogP contribution < -0.4 is 5.43 Å². The fourth-order valence-corrected chi connectivity index (χ4v) is 1.32. The van der Waals surface area contributed by atoms with Crippen molar-refractivity contribution in [2.45, 2.75) is 13.1 Å². The van der Waals surface area contributed by atoms with Gasteiger partial charge in [-0.05, 0) is 18.2 Å². The summed E-state index contributed by atoms with van der Waals surface area (Å²) in [6.07, 6.45) is -4.63. The number of alkyl halides is 3. The van der Waals surface area contributed by atoms with Gasteiger partial charge < -0.3 is 0 Å². The van der Waals surface area contributed by atoms with Crippen LogP contribution in [0.4, 0.5) is 18.9 Å². The molecule has 19 heavy (non-hydrogen) atoms. The fourth-order valence-electron chi connectivity index (χ4n) is 1.15. The summed E-state index contributed by atoms with van der Waals surface area (Å²) >= 11 is 5.49. The fraction of sp³-hybridized carbons (Fsp3) is 0.182. The van der Waals surface area contributed by atoms with Gasteiger partial charge in [-0.2, -0.15) is 23.5 Å². The molecular weight excluding hydrogens is 283 g/mol. The van der Waals surface area contributed by atoms with Crippen molar-refractivity contribution in [3.05, 3.63) is 28.8 Å². The highest BCUT2D eigenvalue weighted by molar-refractivity contribution is 6.45. The second kappa shape index (κ2) is 5.71. The van der Waals surface area contributed by atoms with Gasteiger partial charge in [-0.3, -0.25) is 10.2 Å². The predicted molar refractivity (Wildman–Crippen MR) is 63.8 cm³/mol. The Morgan fingerprint density at radius 2 is 2.11 bits per heavy atom. The van der Waals surface area contributed by atoms with Crippen LogP contribution in [0.5, 0.6) is 0 Å². The summed E-state index contributed by atoms with van der Waals surface area (Å²) in [6, 6.07) is 4.48. The van der Waals surface area contributed by atoms with Crippen molar-refractivity contribution in [1.29, 1.82) is 5.26 Å². The number of Topliss-reactive ketones (excluding diaryl/α,β-unsaturated/α-hetero) is 1. The van der Waals surface area contributed by atoms with Crippen LogP contribution in [0.1, 0.15) is 12.5 Å². The Hall–Kier alpha value is -2.07. The molecule has 1 aromatic rings.